The van der Waals surface area contributed by atoms with E-state index < -0.39 is 5.97 Å². The van der Waals surface area contributed by atoms with Crippen molar-refractivity contribution in [1.29, 1.82) is 0 Å². The molecule has 0 aromatic heterocycles. The zero-order chi connectivity index (χ0) is 21.8. The van der Waals surface area contributed by atoms with Gasteiger partial charge in [-0.05, 0) is 60.7 Å². The first kappa shape index (κ1) is 24.4. The average molecular weight is 446 g/mol. The van der Waals surface area contributed by atoms with E-state index in [1.54, 1.807) is 49.6 Å². The SMILES string of the molecule is COC(=O)C(=C(C(=O)c1ccc(OC)cc1)C1CCCCC1)c1ccc2c(c1)OCO2.[H-].[Na+]. The van der Waals surface area contributed by atoms with Crippen LogP contribution in [0.2, 0.25) is 0 Å². The smallest absolute Gasteiger partial charge is 1.00 e. The van der Waals surface area contributed by atoms with Crippen molar-refractivity contribution in [3.05, 3.63) is 59.2 Å². The van der Waals surface area contributed by atoms with E-state index in [9.17, 15) is 9.59 Å². The van der Waals surface area contributed by atoms with E-state index >= 15 is 0 Å². The number of carbonyl (C=O) groups excluding carboxylic acids is 2. The molecule has 0 amide bonds. The summed E-state index contributed by atoms with van der Waals surface area (Å²) in [6.07, 6.45) is 4.92. The molecule has 2 aromatic rings. The minimum absolute atomic E-state index is 0. The molecule has 0 bridgehead atoms. The Labute approximate surface area is 211 Å². The molecule has 1 aliphatic heterocycles. The van der Waals surface area contributed by atoms with Gasteiger partial charge in [-0.3, -0.25) is 4.79 Å². The summed E-state index contributed by atoms with van der Waals surface area (Å²) in [5, 5.41) is 0. The quantitative estimate of drug-likeness (QED) is 0.292. The largest absolute Gasteiger partial charge is 1.00 e. The van der Waals surface area contributed by atoms with Crippen molar-refractivity contribution in [2.24, 2.45) is 5.92 Å². The fourth-order valence-electron chi connectivity index (χ4n) is 4.33. The van der Waals surface area contributed by atoms with Gasteiger partial charge in [0.05, 0.1) is 19.8 Å². The van der Waals surface area contributed by atoms with Crippen LogP contribution in [-0.2, 0) is 9.53 Å². The Bertz CT molecular complexity index is 1010. The molecule has 4 rings (SSSR count). The Morgan fingerprint density at radius 1 is 0.906 bits per heavy atom. The molecule has 6 nitrogen and oxygen atoms in total. The summed E-state index contributed by atoms with van der Waals surface area (Å²) in [5.74, 6) is 1.15. The van der Waals surface area contributed by atoms with Crippen LogP contribution in [0.5, 0.6) is 17.2 Å². The maximum absolute atomic E-state index is 13.8. The second-order valence-corrected chi connectivity index (χ2v) is 7.74. The van der Waals surface area contributed by atoms with Gasteiger partial charge in [0, 0.05) is 11.1 Å². The van der Waals surface area contributed by atoms with Crippen LogP contribution in [0.1, 0.15) is 49.5 Å². The molecule has 1 saturated carbocycles. The number of Topliss-reactive ketones (excluding diaryl/α,β-unsaturated/α-hetero) is 1. The normalized spacial score (nSPS) is 15.9. The van der Waals surface area contributed by atoms with Gasteiger partial charge in [0.25, 0.3) is 0 Å². The van der Waals surface area contributed by atoms with E-state index in [1.165, 1.54) is 7.11 Å². The number of methoxy groups -OCH3 is 2. The summed E-state index contributed by atoms with van der Waals surface area (Å²) in [6.45, 7) is 0.135. The molecule has 1 aliphatic carbocycles. The molecule has 2 aliphatic rings. The van der Waals surface area contributed by atoms with Gasteiger partial charge in [0.2, 0.25) is 6.79 Å². The molecule has 7 heteroatoms. The average Bonchev–Trinajstić information content (AvgIpc) is 3.30. The maximum atomic E-state index is 13.8. The molecule has 1 fully saturated rings. The molecule has 0 atom stereocenters. The molecule has 0 unspecified atom stereocenters. The third kappa shape index (κ3) is 5.03. The predicted molar refractivity (Wildman–Crippen MR) is 117 cm³/mol. The molecule has 0 radical (unpaired) electrons. The minimum atomic E-state index is -0.527. The van der Waals surface area contributed by atoms with Crippen molar-refractivity contribution >= 4 is 17.3 Å². The first-order valence-corrected chi connectivity index (χ1v) is 10.5. The molecule has 1 heterocycles. The van der Waals surface area contributed by atoms with Crippen molar-refractivity contribution in [3.8, 4) is 17.2 Å². The molecular formula is C25H27NaO6. The second-order valence-electron chi connectivity index (χ2n) is 7.74. The van der Waals surface area contributed by atoms with Gasteiger partial charge in [-0.15, -0.1) is 0 Å². The summed E-state index contributed by atoms with van der Waals surface area (Å²) >= 11 is 0. The number of ketones is 1. The summed E-state index contributed by atoms with van der Waals surface area (Å²) in [6, 6.07) is 12.3. The number of allylic oxidation sites excluding steroid dienone is 1. The monoisotopic (exact) mass is 446 g/mol. The van der Waals surface area contributed by atoms with Gasteiger partial charge in [-0.2, -0.15) is 0 Å². The van der Waals surface area contributed by atoms with Crippen LogP contribution < -0.4 is 43.8 Å². The van der Waals surface area contributed by atoms with Gasteiger partial charge < -0.3 is 20.4 Å². The first-order chi connectivity index (χ1) is 15.1. The Hall–Kier alpha value is -2.28. The fraction of sp³-hybridized carbons (Fsp3) is 0.360. The van der Waals surface area contributed by atoms with E-state index in [0.717, 1.165) is 32.1 Å². The van der Waals surface area contributed by atoms with Crippen LogP contribution >= 0.6 is 0 Å². The third-order valence-corrected chi connectivity index (χ3v) is 5.93. The first-order valence-electron chi connectivity index (χ1n) is 10.5. The molecule has 32 heavy (non-hydrogen) atoms. The van der Waals surface area contributed by atoms with Crippen LogP contribution in [0.4, 0.5) is 0 Å². The van der Waals surface area contributed by atoms with Gasteiger partial charge in [0.15, 0.2) is 17.3 Å². The zero-order valence-corrected chi connectivity index (χ0v) is 20.8. The summed E-state index contributed by atoms with van der Waals surface area (Å²) in [5.41, 5.74) is 1.92. The number of fused-ring (bicyclic) bond motifs is 1. The van der Waals surface area contributed by atoms with Crippen LogP contribution in [0.25, 0.3) is 5.57 Å². The zero-order valence-electron chi connectivity index (χ0n) is 19.8. The van der Waals surface area contributed by atoms with Gasteiger partial charge in [0.1, 0.15) is 5.75 Å². The number of benzene rings is 2. The van der Waals surface area contributed by atoms with E-state index in [2.05, 4.69) is 0 Å². The fourth-order valence-corrected chi connectivity index (χ4v) is 4.33. The van der Waals surface area contributed by atoms with Gasteiger partial charge >= 0.3 is 35.5 Å². The van der Waals surface area contributed by atoms with Crippen LogP contribution in [0, 0.1) is 5.92 Å². The number of hydrogen-bond donors (Lipinski definition) is 0. The summed E-state index contributed by atoms with van der Waals surface area (Å²) < 4.78 is 21.3. The number of ether oxygens (including phenoxy) is 4. The Balaban J connectivity index is 0.00000193. The molecule has 164 valence electrons. The van der Waals surface area contributed by atoms with E-state index in [4.69, 9.17) is 18.9 Å². The number of rotatable bonds is 6. The van der Waals surface area contributed by atoms with Crippen LogP contribution in [-0.4, -0.2) is 32.8 Å². The topological polar surface area (TPSA) is 71.1 Å². The third-order valence-electron chi connectivity index (χ3n) is 5.93. The Kier molecular flexibility index (Phi) is 8.40. The molecular weight excluding hydrogens is 419 g/mol. The van der Waals surface area contributed by atoms with Crippen LogP contribution in [0.3, 0.4) is 0 Å². The van der Waals surface area contributed by atoms with Crippen molar-refractivity contribution in [3.63, 3.8) is 0 Å². The van der Waals surface area contributed by atoms with E-state index in [1.807, 2.05) is 0 Å². The number of hydrogen-bond acceptors (Lipinski definition) is 6. The second kappa shape index (κ2) is 11.0. The van der Waals surface area contributed by atoms with E-state index in [-0.39, 0.29) is 49.5 Å². The molecule has 0 spiro atoms. The van der Waals surface area contributed by atoms with E-state index in [0.29, 0.717) is 39.5 Å². The minimum Gasteiger partial charge on any atom is -1.00 e. The van der Waals surface area contributed by atoms with Crippen molar-refractivity contribution in [2.45, 2.75) is 32.1 Å². The van der Waals surface area contributed by atoms with Crippen LogP contribution in [0.15, 0.2) is 48.0 Å². The number of esters is 1. The molecule has 2 aromatic carbocycles. The van der Waals surface area contributed by atoms with Crippen molar-refractivity contribution in [2.75, 3.05) is 21.0 Å². The van der Waals surface area contributed by atoms with Gasteiger partial charge in [-0.1, -0.05) is 25.3 Å². The summed E-state index contributed by atoms with van der Waals surface area (Å²) in [4.78, 5) is 26.8. The Morgan fingerprint density at radius 2 is 1.56 bits per heavy atom. The standard InChI is InChI=1S/C25H26O6.Na.H/c1-28-19-11-8-17(9-12-19)24(26)22(16-6-4-3-5-7-16)23(25(27)29-2)18-10-13-20-21(14-18)31-15-30-20;;/h8-14,16H,3-7,15H2,1-2H3;;/q;+1;-1. The predicted octanol–water partition coefficient (Wildman–Crippen LogP) is 1.93. The van der Waals surface area contributed by atoms with Crippen molar-refractivity contribution in [1.82, 2.24) is 0 Å². The maximum Gasteiger partial charge on any atom is 1.00 e. The van der Waals surface area contributed by atoms with Gasteiger partial charge in [-0.25, -0.2) is 4.79 Å². The number of carbonyl (C=O) groups is 2. The molecule has 0 N–H and O–H groups in total. The van der Waals surface area contributed by atoms with Crippen molar-refractivity contribution < 1.29 is 59.5 Å². The Morgan fingerprint density at radius 3 is 2.22 bits per heavy atom. The molecule has 0 saturated heterocycles. The summed E-state index contributed by atoms with van der Waals surface area (Å²) in [7, 11) is 2.92.